The minimum Gasteiger partial charge on any atom is -0.480 e. The summed E-state index contributed by atoms with van der Waals surface area (Å²) in [6.07, 6.45) is 0.537. The van der Waals surface area contributed by atoms with E-state index in [1.807, 2.05) is 0 Å². The van der Waals surface area contributed by atoms with Gasteiger partial charge in [0.2, 0.25) is 0 Å². The number of nitrogens with zero attached hydrogens (tertiary/aromatic N) is 1. The first-order valence-electron chi connectivity index (χ1n) is 8.92. The molecule has 1 aromatic rings. The second-order valence-corrected chi connectivity index (χ2v) is 8.24. The van der Waals surface area contributed by atoms with Crippen LogP contribution in [0.25, 0.3) is 0 Å². The molecule has 9 nitrogen and oxygen atoms in total. The average Bonchev–Trinajstić information content (AvgIpc) is 2.48. The van der Waals surface area contributed by atoms with E-state index < -0.39 is 35.4 Å². The Bertz CT molecular complexity index is 689. The first-order valence-corrected chi connectivity index (χ1v) is 8.92. The number of aromatic nitrogens is 1. The van der Waals surface area contributed by atoms with Gasteiger partial charge in [0.1, 0.15) is 17.2 Å². The fourth-order valence-electron chi connectivity index (χ4n) is 2.07. The molecule has 0 fully saturated rings. The van der Waals surface area contributed by atoms with Crippen LogP contribution in [0.1, 0.15) is 53.7 Å². The fraction of sp³-hybridized carbons (Fsp3) is 0.579. The average molecular weight is 395 g/mol. The molecular formula is C19H29N3O6. The highest BCUT2D eigenvalue weighted by molar-refractivity contribution is 5.84. The topological polar surface area (TPSA) is 127 Å². The van der Waals surface area contributed by atoms with Crippen LogP contribution in [0.15, 0.2) is 18.3 Å². The maximum atomic E-state index is 11.8. The van der Waals surface area contributed by atoms with Gasteiger partial charge >= 0.3 is 18.2 Å². The number of hydrogen-bond acceptors (Lipinski definition) is 6. The van der Waals surface area contributed by atoms with Gasteiger partial charge in [0.25, 0.3) is 0 Å². The number of aryl methyl sites for hydroxylation is 1. The van der Waals surface area contributed by atoms with Gasteiger partial charge in [-0.3, -0.25) is 10.3 Å². The quantitative estimate of drug-likeness (QED) is 0.674. The van der Waals surface area contributed by atoms with Crippen molar-refractivity contribution in [2.45, 2.75) is 71.6 Å². The number of pyridine rings is 1. The molecule has 3 N–H and O–H groups in total. The van der Waals surface area contributed by atoms with Crippen molar-refractivity contribution >= 4 is 23.8 Å². The lowest BCUT2D eigenvalue weighted by molar-refractivity contribution is -0.139. The standard InChI is InChI=1S/C19H29N3O6/c1-18(2,3)27-16(25)21-13-8-7-12(20-11-13)9-10-14(15(23)24)22-17(26)28-19(4,5)6/h7-8,11,14H,9-10H2,1-6H3,(H,21,25)(H,22,26)(H,23,24)/t14-/m0/s1. The number of carboxylic acid groups (broad SMARTS) is 1. The second kappa shape index (κ2) is 9.38. The van der Waals surface area contributed by atoms with E-state index in [0.29, 0.717) is 17.8 Å². The van der Waals surface area contributed by atoms with E-state index in [2.05, 4.69) is 15.6 Å². The Balaban J connectivity index is 2.59. The summed E-state index contributed by atoms with van der Waals surface area (Å²) >= 11 is 0. The van der Waals surface area contributed by atoms with E-state index in [1.54, 1.807) is 53.7 Å². The van der Waals surface area contributed by atoms with E-state index >= 15 is 0 Å². The van der Waals surface area contributed by atoms with Gasteiger partial charge in [0.05, 0.1) is 11.9 Å². The number of nitrogens with one attached hydrogen (secondary N) is 2. The Morgan fingerprint density at radius 2 is 1.61 bits per heavy atom. The number of carbonyl (C=O) groups excluding carboxylic acids is 2. The molecule has 0 saturated carbocycles. The van der Waals surface area contributed by atoms with Crippen molar-refractivity contribution in [1.29, 1.82) is 0 Å². The Hall–Kier alpha value is -2.84. The molecule has 0 aromatic carbocycles. The van der Waals surface area contributed by atoms with Crippen molar-refractivity contribution in [2.24, 2.45) is 0 Å². The molecule has 0 aliphatic carbocycles. The van der Waals surface area contributed by atoms with Crippen LogP contribution in [-0.4, -0.2) is 45.5 Å². The Morgan fingerprint density at radius 1 is 1.04 bits per heavy atom. The Morgan fingerprint density at radius 3 is 2.07 bits per heavy atom. The van der Waals surface area contributed by atoms with Crippen LogP contribution in [0, 0.1) is 0 Å². The lowest BCUT2D eigenvalue weighted by Crippen LogP contribution is -2.43. The number of amides is 2. The van der Waals surface area contributed by atoms with Crippen LogP contribution >= 0.6 is 0 Å². The van der Waals surface area contributed by atoms with Gasteiger partial charge in [-0.05, 0) is 66.5 Å². The zero-order chi connectivity index (χ0) is 21.5. The molecule has 0 radical (unpaired) electrons. The van der Waals surface area contributed by atoms with Gasteiger partial charge in [-0.25, -0.2) is 14.4 Å². The number of carbonyl (C=O) groups is 3. The zero-order valence-electron chi connectivity index (χ0n) is 17.2. The van der Waals surface area contributed by atoms with E-state index in [9.17, 15) is 19.5 Å². The molecule has 1 rings (SSSR count). The molecule has 2 amide bonds. The first-order chi connectivity index (χ1) is 12.7. The third kappa shape index (κ3) is 9.75. The highest BCUT2D eigenvalue weighted by atomic mass is 16.6. The summed E-state index contributed by atoms with van der Waals surface area (Å²) in [6.45, 7) is 10.4. The van der Waals surface area contributed by atoms with Crippen LogP contribution in [0.3, 0.4) is 0 Å². The SMILES string of the molecule is CC(C)(C)OC(=O)Nc1ccc(CC[C@H](NC(=O)OC(C)(C)C)C(=O)O)nc1. The van der Waals surface area contributed by atoms with Crippen molar-refractivity contribution in [3.8, 4) is 0 Å². The largest absolute Gasteiger partial charge is 0.480 e. The lowest BCUT2D eigenvalue weighted by atomic mass is 10.1. The summed E-state index contributed by atoms with van der Waals surface area (Å²) in [5.74, 6) is -1.16. The molecule has 1 aromatic heterocycles. The molecule has 1 heterocycles. The van der Waals surface area contributed by atoms with Crippen molar-refractivity contribution < 1.29 is 29.0 Å². The molecule has 0 aliphatic rings. The van der Waals surface area contributed by atoms with E-state index in [1.165, 1.54) is 6.20 Å². The van der Waals surface area contributed by atoms with E-state index in [4.69, 9.17) is 9.47 Å². The summed E-state index contributed by atoms with van der Waals surface area (Å²) in [7, 11) is 0. The summed E-state index contributed by atoms with van der Waals surface area (Å²) in [5.41, 5.74) is -0.248. The molecule has 0 saturated heterocycles. The van der Waals surface area contributed by atoms with Crippen LogP contribution in [0.5, 0.6) is 0 Å². The smallest absolute Gasteiger partial charge is 0.412 e. The monoisotopic (exact) mass is 395 g/mol. The summed E-state index contributed by atoms with van der Waals surface area (Å²) in [6, 6.07) is 2.21. The number of alkyl carbamates (subject to hydrolysis) is 1. The molecule has 0 spiro atoms. The van der Waals surface area contributed by atoms with Crippen LogP contribution in [0.4, 0.5) is 15.3 Å². The highest BCUT2D eigenvalue weighted by Crippen LogP contribution is 2.13. The summed E-state index contributed by atoms with van der Waals surface area (Å²) in [5, 5.41) is 14.2. The Labute approximate surface area is 164 Å². The Kier molecular flexibility index (Phi) is 7.78. The van der Waals surface area contributed by atoms with Crippen molar-refractivity contribution in [3.05, 3.63) is 24.0 Å². The van der Waals surface area contributed by atoms with Gasteiger partial charge in [0, 0.05) is 5.69 Å². The fourth-order valence-corrected chi connectivity index (χ4v) is 2.07. The molecule has 9 heteroatoms. The predicted octanol–water partition coefficient (Wildman–Crippen LogP) is 3.34. The summed E-state index contributed by atoms with van der Waals surface area (Å²) in [4.78, 5) is 39.0. The predicted molar refractivity (Wildman–Crippen MR) is 103 cm³/mol. The maximum Gasteiger partial charge on any atom is 0.412 e. The zero-order valence-corrected chi connectivity index (χ0v) is 17.2. The number of aliphatic carboxylic acids is 1. The molecule has 0 aliphatic heterocycles. The minimum absolute atomic E-state index is 0.139. The van der Waals surface area contributed by atoms with E-state index in [0.717, 1.165) is 0 Å². The molecule has 1 atom stereocenters. The van der Waals surface area contributed by atoms with E-state index in [-0.39, 0.29) is 6.42 Å². The van der Waals surface area contributed by atoms with Crippen molar-refractivity contribution in [1.82, 2.24) is 10.3 Å². The molecule has 28 heavy (non-hydrogen) atoms. The maximum absolute atomic E-state index is 11.8. The number of ether oxygens (including phenoxy) is 2. The lowest BCUT2D eigenvalue weighted by Gasteiger charge is -2.22. The molecular weight excluding hydrogens is 366 g/mol. The third-order valence-electron chi connectivity index (χ3n) is 3.15. The van der Waals surface area contributed by atoms with Crippen molar-refractivity contribution in [2.75, 3.05) is 5.32 Å². The highest BCUT2D eigenvalue weighted by Gasteiger charge is 2.24. The number of anilines is 1. The van der Waals surface area contributed by atoms with Crippen molar-refractivity contribution in [3.63, 3.8) is 0 Å². The van der Waals surface area contributed by atoms with Gasteiger partial charge in [-0.1, -0.05) is 0 Å². The summed E-state index contributed by atoms with van der Waals surface area (Å²) < 4.78 is 10.2. The van der Waals surface area contributed by atoms with Gasteiger partial charge in [-0.2, -0.15) is 0 Å². The minimum atomic E-state index is -1.16. The third-order valence-corrected chi connectivity index (χ3v) is 3.15. The van der Waals surface area contributed by atoms with Gasteiger partial charge < -0.3 is 19.9 Å². The number of hydrogen-bond donors (Lipinski definition) is 3. The molecule has 0 unspecified atom stereocenters. The van der Waals surface area contributed by atoms with Gasteiger partial charge in [-0.15, -0.1) is 0 Å². The van der Waals surface area contributed by atoms with Crippen LogP contribution in [-0.2, 0) is 20.7 Å². The van der Waals surface area contributed by atoms with Crippen LogP contribution in [0.2, 0.25) is 0 Å². The molecule has 156 valence electrons. The van der Waals surface area contributed by atoms with Crippen LogP contribution < -0.4 is 10.6 Å². The normalized spacial score (nSPS) is 12.6. The number of rotatable bonds is 6. The number of carboxylic acids is 1. The first kappa shape index (κ1) is 23.2. The van der Waals surface area contributed by atoms with Gasteiger partial charge in [0.15, 0.2) is 0 Å². The second-order valence-electron chi connectivity index (χ2n) is 8.24. The molecule has 0 bridgehead atoms.